The van der Waals surface area contributed by atoms with Gasteiger partial charge < -0.3 is 9.84 Å². The minimum absolute atomic E-state index is 0.113. The predicted molar refractivity (Wildman–Crippen MR) is 61.5 cm³/mol. The number of phenols is 1. The fourth-order valence-corrected chi connectivity index (χ4v) is 1.88. The molecule has 3 nitrogen and oxygen atoms in total. The van der Waals surface area contributed by atoms with Gasteiger partial charge in [0.2, 0.25) is 0 Å². The van der Waals surface area contributed by atoms with E-state index in [1.54, 1.807) is 18.2 Å². The number of carbonyl (C=O) groups is 1. The third-order valence-corrected chi connectivity index (χ3v) is 2.75. The van der Waals surface area contributed by atoms with Crippen molar-refractivity contribution in [2.75, 3.05) is 7.11 Å². The molecule has 0 atom stereocenters. The number of aromatic hydroxyl groups is 1. The maximum Gasteiger partial charge on any atom is 0.161 e. The summed E-state index contributed by atoms with van der Waals surface area (Å²) in [6.07, 6.45) is 4.32. The van der Waals surface area contributed by atoms with Gasteiger partial charge in [-0.05, 0) is 42.2 Å². The van der Waals surface area contributed by atoms with Crippen molar-refractivity contribution < 1.29 is 14.6 Å². The Bertz CT molecular complexity index is 446. The molecular weight excluding hydrogens is 204 g/mol. The van der Waals surface area contributed by atoms with Gasteiger partial charge in [0.1, 0.15) is 0 Å². The topological polar surface area (TPSA) is 46.5 Å². The molecule has 0 aromatic heterocycles. The quantitative estimate of drug-likeness (QED) is 0.776. The van der Waals surface area contributed by atoms with Gasteiger partial charge in [-0.15, -0.1) is 0 Å². The Balaban J connectivity index is 2.31. The normalized spacial score (nSPS) is 18.1. The first kappa shape index (κ1) is 10.7. The molecule has 0 saturated heterocycles. The Morgan fingerprint density at radius 3 is 2.81 bits per heavy atom. The summed E-state index contributed by atoms with van der Waals surface area (Å²) < 4.78 is 5.01. The van der Waals surface area contributed by atoms with Crippen molar-refractivity contribution in [2.45, 2.75) is 19.3 Å². The van der Waals surface area contributed by atoms with Crippen LogP contribution in [0.25, 0.3) is 6.08 Å². The standard InChI is InChI=1S/C13H14O3/c1-16-13-8-9(5-6-12(13)15)7-10-3-2-4-11(10)14/h5-8,15H,2-4H2,1H3/b10-7+. The number of Topliss-reactive ketones (excluding diaryl/α,β-unsaturated/α-hetero) is 1. The van der Waals surface area contributed by atoms with E-state index in [0.717, 1.165) is 24.0 Å². The van der Waals surface area contributed by atoms with Crippen LogP contribution < -0.4 is 4.74 Å². The highest BCUT2D eigenvalue weighted by molar-refractivity contribution is 6.01. The van der Waals surface area contributed by atoms with Crippen molar-refractivity contribution in [3.8, 4) is 11.5 Å². The maximum atomic E-state index is 11.5. The number of hydrogen-bond donors (Lipinski definition) is 1. The first-order valence-corrected chi connectivity index (χ1v) is 5.31. The Labute approximate surface area is 94.4 Å². The summed E-state index contributed by atoms with van der Waals surface area (Å²) in [5, 5.41) is 9.44. The molecule has 1 fully saturated rings. The highest BCUT2D eigenvalue weighted by atomic mass is 16.5. The molecule has 84 valence electrons. The van der Waals surface area contributed by atoms with Crippen LogP contribution in [0.3, 0.4) is 0 Å². The van der Waals surface area contributed by atoms with Crippen LogP contribution in [0.4, 0.5) is 0 Å². The Hall–Kier alpha value is -1.77. The lowest BCUT2D eigenvalue weighted by Gasteiger charge is -2.04. The van der Waals surface area contributed by atoms with E-state index < -0.39 is 0 Å². The third-order valence-electron chi connectivity index (χ3n) is 2.75. The highest BCUT2D eigenvalue weighted by Gasteiger charge is 2.16. The predicted octanol–water partition coefficient (Wildman–Crippen LogP) is 2.54. The molecule has 1 aromatic carbocycles. The van der Waals surface area contributed by atoms with Crippen LogP contribution in [0.1, 0.15) is 24.8 Å². The lowest BCUT2D eigenvalue weighted by atomic mass is 10.1. The zero-order chi connectivity index (χ0) is 11.5. The molecule has 3 heteroatoms. The van der Waals surface area contributed by atoms with Crippen LogP contribution in [0, 0.1) is 0 Å². The Morgan fingerprint density at radius 1 is 1.38 bits per heavy atom. The van der Waals surface area contributed by atoms with Crippen LogP contribution in [-0.4, -0.2) is 18.0 Å². The molecule has 0 amide bonds. The number of rotatable bonds is 2. The number of phenolic OH excluding ortho intramolecular Hbond substituents is 1. The molecule has 1 aromatic rings. The molecule has 0 spiro atoms. The minimum atomic E-state index is 0.113. The van der Waals surface area contributed by atoms with E-state index in [1.165, 1.54) is 7.11 Å². The number of ether oxygens (including phenoxy) is 1. The molecule has 0 radical (unpaired) electrons. The number of hydrogen-bond acceptors (Lipinski definition) is 3. The summed E-state index contributed by atoms with van der Waals surface area (Å²) in [4.78, 5) is 11.5. The molecule has 1 saturated carbocycles. The lowest BCUT2D eigenvalue weighted by molar-refractivity contribution is -0.114. The molecule has 2 rings (SSSR count). The van der Waals surface area contributed by atoms with Gasteiger partial charge in [-0.1, -0.05) is 6.07 Å². The van der Waals surface area contributed by atoms with E-state index in [9.17, 15) is 9.90 Å². The van der Waals surface area contributed by atoms with Gasteiger partial charge in [0.25, 0.3) is 0 Å². The molecular formula is C13H14O3. The molecule has 0 unspecified atom stereocenters. The van der Waals surface area contributed by atoms with E-state index in [1.807, 2.05) is 6.08 Å². The van der Waals surface area contributed by atoms with Crippen LogP contribution >= 0.6 is 0 Å². The van der Waals surface area contributed by atoms with E-state index in [4.69, 9.17) is 4.74 Å². The fourth-order valence-electron chi connectivity index (χ4n) is 1.88. The van der Waals surface area contributed by atoms with Crippen molar-refractivity contribution in [3.05, 3.63) is 29.3 Å². The van der Waals surface area contributed by atoms with Crippen molar-refractivity contribution in [1.29, 1.82) is 0 Å². The summed E-state index contributed by atoms with van der Waals surface area (Å²) in [5.41, 5.74) is 1.76. The number of ketones is 1. The largest absolute Gasteiger partial charge is 0.504 e. The first-order valence-electron chi connectivity index (χ1n) is 5.31. The van der Waals surface area contributed by atoms with Gasteiger partial charge in [-0.25, -0.2) is 0 Å². The maximum absolute atomic E-state index is 11.5. The van der Waals surface area contributed by atoms with Crippen molar-refractivity contribution in [1.82, 2.24) is 0 Å². The number of allylic oxidation sites excluding steroid dienone is 1. The second-order valence-electron chi connectivity index (χ2n) is 3.88. The van der Waals surface area contributed by atoms with Crippen molar-refractivity contribution >= 4 is 11.9 Å². The monoisotopic (exact) mass is 218 g/mol. The average molecular weight is 218 g/mol. The Kier molecular flexibility index (Phi) is 2.95. The van der Waals surface area contributed by atoms with E-state index in [-0.39, 0.29) is 11.5 Å². The van der Waals surface area contributed by atoms with Crippen LogP contribution in [0.15, 0.2) is 23.8 Å². The van der Waals surface area contributed by atoms with E-state index >= 15 is 0 Å². The van der Waals surface area contributed by atoms with Crippen molar-refractivity contribution in [3.63, 3.8) is 0 Å². The zero-order valence-corrected chi connectivity index (χ0v) is 9.19. The second-order valence-corrected chi connectivity index (χ2v) is 3.88. The van der Waals surface area contributed by atoms with Gasteiger partial charge in [-0.3, -0.25) is 4.79 Å². The summed E-state index contributed by atoms with van der Waals surface area (Å²) >= 11 is 0. The van der Waals surface area contributed by atoms with Gasteiger partial charge in [0.15, 0.2) is 17.3 Å². The van der Waals surface area contributed by atoms with Gasteiger partial charge >= 0.3 is 0 Å². The molecule has 0 heterocycles. The average Bonchev–Trinajstić information content (AvgIpc) is 2.67. The van der Waals surface area contributed by atoms with Crippen LogP contribution in [0.5, 0.6) is 11.5 Å². The molecule has 1 N–H and O–H groups in total. The summed E-state index contributed by atoms with van der Waals surface area (Å²) in [6.45, 7) is 0. The second kappa shape index (κ2) is 4.39. The van der Waals surface area contributed by atoms with Crippen LogP contribution in [0.2, 0.25) is 0 Å². The SMILES string of the molecule is COc1cc(/C=C2\CCCC2=O)ccc1O. The molecule has 1 aliphatic rings. The minimum Gasteiger partial charge on any atom is -0.504 e. The van der Waals surface area contributed by atoms with Gasteiger partial charge in [0.05, 0.1) is 7.11 Å². The number of methoxy groups -OCH3 is 1. The van der Waals surface area contributed by atoms with E-state index in [2.05, 4.69) is 0 Å². The summed E-state index contributed by atoms with van der Waals surface area (Å²) in [6, 6.07) is 5.08. The van der Waals surface area contributed by atoms with Gasteiger partial charge in [0, 0.05) is 6.42 Å². The molecule has 0 bridgehead atoms. The molecule has 1 aliphatic carbocycles. The Morgan fingerprint density at radius 2 is 2.19 bits per heavy atom. The van der Waals surface area contributed by atoms with Gasteiger partial charge in [-0.2, -0.15) is 0 Å². The fraction of sp³-hybridized carbons (Fsp3) is 0.308. The van der Waals surface area contributed by atoms with E-state index in [0.29, 0.717) is 12.2 Å². The lowest BCUT2D eigenvalue weighted by Crippen LogP contribution is -1.91. The number of benzene rings is 1. The first-order chi connectivity index (χ1) is 7.70. The number of carbonyl (C=O) groups excluding carboxylic acids is 1. The zero-order valence-electron chi connectivity index (χ0n) is 9.19. The third kappa shape index (κ3) is 2.08. The molecule has 0 aliphatic heterocycles. The van der Waals surface area contributed by atoms with Crippen LogP contribution in [-0.2, 0) is 4.79 Å². The highest BCUT2D eigenvalue weighted by Crippen LogP contribution is 2.29. The smallest absolute Gasteiger partial charge is 0.161 e. The van der Waals surface area contributed by atoms with Crippen molar-refractivity contribution in [2.24, 2.45) is 0 Å². The summed E-state index contributed by atoms with van der Waals surface area (Å²) in [7, 11) is 1.51. The molecule has 16 heavy (non-hydrogen) atoms. The summed E-state index contributed by atoms with van der Waals surface area (Å²) in [5.74, 6) is 0.772.